The van der Waals surface area contributed by atoms with Gasteiger partial charge in [0.1, 0.15) is 0 Å². The van der Waals surface area contributed by atoms with Crippen LogP contribution in [0.15, 0.2) is 0 Å². The molecule has 0 aromatic heterocycles. The third kappa shape index (κ3) is 8.45. The zero-order chi connectivity index (χ0) is 16.8. The van der Waals surface area contributed by atoms with E-state index in [0.29, 0.717) is 0 Å². The summed E-state index contributed by atoms with van der Waals surface area (Å²) in [4.78, 5) is 20.5. The number of aliphatic hydroxyl groups is 1. The summed E-state index contributed by atoms with van der Waals surface area (Å²) in [6, 6.07) is 0. The lowest BCUT2D eigenvalue weighted by Crippen LogP contribution is -2.22. The molecule has 0 unspecified atom stereocenters. The summed E-state index contributed by atoms with van der Waals surface area (Å²) in [5.74, 6) is -3.38. The van der Waals surface area contributed by atoms with Crippen LogP contribution in [0.3, 0.4) is 0 Å². The van der Waals surface area contributed by atoms with Gasteiger partial charge >= 0.3 is 11.9 Å². The molecular formula is C11H16F4O6. The van der Waals surface area contributed by atoms with E-state index in [2.05, 4.69) is 4.74 Å². The maximum absolute atomic E-state index is 11.8. The van der Waals surface area contributed by atoms with Gasteiger partial charge in [0.2, 0.25) is 18.6 Å². The lowest BCUT2D eigenvalue weighted by molar-refractivity contribution is -0.161. The first-order valence-electron chi connectivity index (χ1n) is 5.82. The maximum Gasteiger partial charge on any atom is 0.338 e. The molecule has 1 fully saturated rings. The third-order valence-corrected chi connectivity index (χ3v) is 2.11. The molecule has 0 saturated carbocycles. The van der Waals surface area contributed by atoms with E-state index in [1.165, 1.54) is 13.8 Å². The minimum absolute atomic E-state index is 0.595. The van der Waals surface area contributed by atoms with Gasteiger partial charge in [-0.2, -0.15) is 0 Å². The normalized spacial score (nSPS) is 21.8. The second-order valence-electron chi connectivity index (χ2n) is 4.54. The number of ether oxygens (including phenoxy) is 2. The molecule has 6 nitrogen and oxygen atoms in total. The van der Waals surface area contributed by atoms with E-state index in [4.69, 9.17) is 14.9 Å². The number of carboxylic acid groups (broad SMARTS) is 1. The van der Waals surface area contributed by atoms with Crippen LogP contribution in [0.1, 0.15) is 26.7 Å². The zero-order valence-electron chi connectivity index (χ0n) is 11.3. The Labute approximate surface area is 117 Å². The molecule has 0 aromatic rings. The minimum atomic E-state index is -2.77. The van der Waals surface area contributed by atoms with Crippen molar-refractivity contribution in [2.24, 2.45) is 0 Å². The standard InChI is InChI=1S/C7H10F2O3.C4H6F2O3/c1-7(2)11-4(3-5(8)9)6(10)12-7;5-3(6)1-2(7)4(8)9/h4-5H,3H2,1-2H3;2-3,7H,1H2,(H,8,9)/t4-;2-/m00/s1. The molecule has 1 rings (SSSR count). The first-order chi connectivity index (χ1) is 9.44. The highest BCUT2D eigenvalue weighted by Gasteiger charge is 2.42. The number of rotatable bonds is 5. The van der Waals surface area contributed by atoms with Crippen molar-refractivity contribution in [2.75, 3.05) is 0 Å². The number of hydrogen-bond acceptors (Lipinski definition) is 5. The summed E-state index contributed by atoms with van der Waals surface area (Å²) in [5.41, 5.74) is 0. The van der Waals surface area contributed by atoms with Crippen LogP contribution in [0.25, 0.3) is 0 Å². The van der Waals surface area contributed by atoms with Crippen molar-refractivity contribution in [3.05, 3.63) is 0 Å². The van der Waals surface area contributed by atoms with E-state index in [1.807, 2.05) is 0 Å². The van der Waals surface area contributed by atoms with E-state index < -0.39 is 55.6 Å². The number of esters is 1. The van der Waals surface area contributed by atoms with Gasteiger partial charge in [-0.05, 0) is 0 Å². The predicted octanol–water partition coefficient (Wildman–Crippen LogP) is 1.41. The van der Waals surface area contributed by atoms with Gasteiger partial charge in [-0.25, -0.2) is 27.2 Å². The van der Waals surface area contributed by atoms with Crippen LogP contribution < -0.4 is 0 Å². The summed E-state index contributed by atoms with van der Waals surface area (Å²) in [6.07, 6.45) is -9.96. The Hall–Kier alpha value is -1.42. The molecule has 124 valence electrons. The number of carbonyl (C=O) groups excluding carboxylic acids is 1. The number of alkyl halides is 4. The molecule has 0 amide bonds. The Kier molecular flexibility index (Phi) is 7.58. The average molecular weight is 320 g/mol. The predicted molar refractivity (Wildman–Crippen MR) is 59.9 cm³/mol. The number of aliphatic carboxylic acids is 1. The number of hydrogen-bond donors (Lipinski definition) is 2. The monoisotopic (exact) mass is 320 g/mol. The van der Waals surface area contributed by atoms with E-state index in [9.17, 15) is 27.2 Å². The maximum atomic E-state index is 11.8. The SMILES string of the molecule is CC1(C)OC(=O)[C@H](CC(F)F)O1.O=C(O)[C@@H](O)CC(F)F. The first-order valence-corrected chi connectivity index (χ1v) is 5.82. The fourth-order valence-corrected chi connectivity index (χ4v) is 1.30. The number of cyclic esters (lactones) is 1. The molecule has 10 heteroatoms. The molecule has 2 atom stereocenters. The summed E-state index contributed by atoms with van der Waals surface area (Å²) >= 11 is 0. The van der Waals surface area contributed by atoms with Crippen LogP contribution in [0, 0.1) is 0 Å². The van der Waals surface area contributed by atoms with Crippen LogP contribution in [0.4, 0.5) is 17.6 Å². The Morgan fingerprint density at radius 2 is 1.81 bits per heavy atom. The summed E-state index contributed by atoms with van der Waals surface area (Å²) in [5, 5.41) is 16.1. The van der Waals surface area contributed by atoms with E-state index >= 15 is 0 Å². The highest BCUT2D eigenvalue weighted by atomic mass is 19.3. The van der Waals surface area contributed by atoms with Crippen LogP contribution >= 0.6 is 0 Å². The third-order valence-electron chi connectivity index (χ3n) is 2.11. The molecular weight excluding hydrogens is 304 g/mol. The molecule has 1 aliphatic rings. The van der Waals surface area contributed by atoms with Crippen molar-refractivity contribution in [3.8, 4) is 0 Å². The number of aliphatic hydroxyl groups excluding tert-OH is 1. The van der Waals surface area contributed by atoms with Crippen molar-refractivity contribution in [1.82, 2.24) is 0 Å². The highest BCUT2D eigenvalue weighted by Crippen LogP contribution is 2.26. The van der Waals surface area contributed by atoms with Gasteiger partial charge in [0.25, 0.3) is 0 Å². The molecule has 0 spiro atoms. The number of carboxylic acids is 1. The van der Waals surface area contributed by atoms with Gasteiger partial charge in [-0.1, -0.05) is 0 Å². The van der Waals surface area contributed by atoms with E-state index in [-0.39, 0.29) is 0 Å². The van der Waals surface area contributed by atoms with Crippen LogP contribution in [0.5, 0.6) is 0 Å². The smallest absolute Gasteiger partial charge is 0.338 e. The quantitative estimate of drug-likeness (QED) is 0.588. The lowest BCUT2D eigenvalue weighted by Gasteiger charge is -2.14. The topological polar surface area (TPSA) is 93.1 Å². The number of halogens is 4. The Morgan fingerprint density at radius 1 is 1.29 bits per heavy atom. The first kappa shape index (κ1) is 19.6. The fraction of sp³-hybridized carbons (Fsp3) is 0.818. The van der Waals surface area contributed by atoms with Gasteiger partial charge in [-0.3, -0.25) is 0 Å². The lowest BCUT2D eigenvalue weighted by atomic mass is 10.3. The van der Waals surface area contributed by atoms with Gasteiger partial charge in [0, 0.05) is 26.7 Å². The highest BCUT2D eigenvalue weighted by molar-refractivity contribution is 5.76. The fourth-order valence-electron chi connectivity index (χ4n) is 1.30. The zero-order valence-corrected chi connectivity index (χ0v) is 11.3. The van der Waals surface area contributed by atoms with Crippen LogP contribution in [-0.4, -0.2) is 53.0 Å². The summed E-state index contributed by atoms with van der Waals surface area (Å²) in [6.45, 7) is 3.02. The molecule has 1 aliphatic heterocycles. The molecule has 21 heavy (non-hydrogen) atoms. The molecule has 2 N–H and O–H groups in total. The van der Waals surface area contributed by atoms with E-state index in [1.54, 1.807) is 0 Å². The second-order valence-corrected chi connectivity index (χ2v) is 4.54. The summed E-state index contributed by atoms with van der Waals surface area (Å²) in [7, 11) is 0. The summed E-state index contributed by atoms with van der Waals surface area (Å²) < 4.78 is 55.7. The minimum Gasteiger partial charge on any atom is -0.479 e. The molecule has 0 bridgehead atoms. The molecule has 1 saturated heterocycles. The average Bonchev–Trinajstić information content (AvgIpc) is 2.50. The van der Waals surface area contributed by atoms with Crippen molar-refractivity contribution >= 4 is 11.9 Å². The van der Waals surface area contributed by atoms with Gasteiger partial charge in [0.05, 0.1) is 0 Å². The molecule has 1 heterocycles. The Balaban J connectivity index is 0.000000400. The largest absolute Gasteiger partial charge is 0.479 e. The van der Waals surface area contributed by atoms with Crippen molar-refractivity contribution in [3.63, 3.8) is 0 Å². The van der Waals surface area contributed by atoms with Crippen molar-refractivity contribution < 1.29 is 46.8 Å². The van der Waals surface area contributed by atoms with E-state index in [0.717, 1.165) is 0 Å². The molecule has 0 radical (unpaired) electrons. The molecule has 0 aliphatic carbocycles. The second kappa shape index (κ2) is 8.13. The number of carbonyl (C=O) groups is 2. The Bertz CT molecular complexity index is 361. The van der Waals surface area contributed by atoms with Crippen molar-refractivity contribution in [1.29, 1.82) is 0 Å². The van der Waals surface area contributed by atoms with Gasteiger partial charge in [0.15, 0.2) is 12.2 Å². The van der Waals surface area contributed by atoms with Gasteiger partial charge < -0.3 is 19.7 Å². The molecule has 0 aromatic carbocycles. The van der Waals surface area contributed by atoms with Crippen molar-refractivity contribution in [2.45, 2.75) is 57.5 Å². The Morgan fingerprint density at radius 3 is 2.05 bits per heavy atom. The van der Waals surface area contributed by atoms with Crippen LogP contribution in [0.2, 0.25) is 0 Å². The van der Waals surface area contributed by atoms with Crippen LogP contribution in [-0.2, 0) is 19.1 Å². The van der Waals surface area contributed by atoms with Gasteiger partial charge in [-0.15, -0.1) is 0 Å².